The van der Waals surface area contributed by atoms with Gasteiger partial charge in [0, 0.05) is 18.0 Å². The predicted octanol–water partition coefficient (Wildman–Crippen LogP) is 3.10. The Balaban J connectivity index is 1.72. The Morgan fingerprint density at radius 2 is 1.76 bits per heavy atom. The maximum absolute atomic E-state index is 12.4. The molecule has 25 heavy (non-hydrogen) atoms. The zero-order chi connectivity index (χ0) is 18.0. The van der Waals surface area contributed by atoms with Crippen LogP contribution in [-0.2, 0) is 11.0 Å². The lowest BCUT2D eigenvalue weighted by Crippen LogP contribution is -2.31. The smallest absolute Gasteiger partial charge is 0.353 e. The molecule has 0 fully saturated rings. The van der Waals surface area contributed by atoms with Crippen molar-refractivity contribution in [2.45, 2.75) is 19.5 Å². The number of aromatic nitrogens is 2. The summed E-state index contributed by atoms with van der Waals surface area (Å²) in [6.45, 7) is 1.92. The summed E-state index contributed by atoms with van der Waals surface area (Å²) in [5.41, 5.74) is 5.11. The first-order valence-corrected chi connectivity index (χ1v) is 7.46. The normalized spacial score (nSPS) is 17.7. The van der Waals surface area contributed by atoms with Crippen molar-refractivity contribution in [2.24, 2.45) is 11.0 Å². The van der Waals surface area contributed by atoms with E-state index >= 15 is 0 Å². The molecule has 0 unspecified atom stereocenters. The number of halogens is 3. The van der Waals surface area contributed by atoms with E-state index in [1.807, 2.05) is 19.1 Å². The number of nitrogens with zero attached hydrogens (tertiary/aromatic N) is 3. The number of anilines is 2. The Morgan fingerprint density at radius 3 is 2.32 bits per heavy atom. The van der Waals surface area contributed by atoms with Crippen molar-refractivity contribution < 1.29 is 18.0 Å². The number of benzene rings is 1. The first-order valence-electron chi connectivity index (χ1n) is 7.46. The molecule has 1 aliphatic rings. The number of hydrogen-bond acceptors (Lipinski definition) is 5. The van der Waals surface area contributed by atoms with E-state index in [0.29, 0.717) is 17.8 Å². The third-order valence-electron chi connectivity index (χ3n) is 3.63. The number of hydrazone groups is 1. The van der Waals surface area contributed by atoms with Gasteiger partial charge in [-0.15, -0.1) is 0 Å². The second kappa shape index (κ2) is 6.50. The van der Waals surface area contributed by atoms with Crippen molar-refractivity contribution in [2.75, 3.05) is 5.32 Å². The number of rotatable bonds is 3. The van der Waals surface area contributed by atoms with Crippen LogP contribution in [0, 0.1) is 5.92 Å². The summed E-state index contributed by atoms with van der Waals surface area (Å²) in [7, 11) is 0. The highest BCUT2D eigenvalue weighted by Gasteiger charge is 2.34. The Hall–Kier alpha value is -2.97. The fraction of sp³-hybridized carbons (Fsp3) is 0.250. The van der Waals surface area contributed by atoms with Crippen LogP contribution in [0.15, 0.2) is 41.8 Å². The number of nitrogens with one attached hydrogen (secondary N) is 2. The summed E-state index contributed by atoms with van der Waals surface area (Å²) in [5, 5.41) is 7.01. The van der Waals surface area contributed by atoms with Gasteiger partial charge in [-0.25, -0.2) is 15.4 Å². The summed E-state index contributed by atoms with van der Waals surface area (Å²) in [6, 6.07) is 7.16. The second-order valence-electron chi connectivity index (χ2n) is 5.63. The molecule has 0 saturated heterocycles. The van der Waals surface area contributed by atoms with Gasteiger partial charge in [-0.3, -0.25) is 4.79 Å². The summed E-state index contributed by atoms with van der Waals surface area (Å²) in [5.74, 6) is -1.28. The van der Waals surface area contributed by atoms with E-state index in [4.69, 9.17) is 0 Å². The average molecular weight is 349 g/mol. The highest BCUT2D eigenvalue weighted by molar-refractivity contribution is 6.05. The molecule has 2 N–H and O–H groups in total. The van der Waals surface area contributed by atoms with E-state index in [9.17, 15) is 18.0 Å². The first-order chi connectivity index (χ1) is 11.8. The Morgan fingerprint density at radius 1 is 1.12 bits per heavy atom. The molecule has 0 spiro atoms. The molecule has 9 heteroatoms. The lowest BCUT2D eigenvalue weighted by Gasteiger charge is -2.19. The van der Waals surface area contributed by atoms with Crippen molar-refractivity contribution in [3.8, 4) is 0 Å². The third-order valence-corrected chi connectivity index (χ3v) is 3.63. The largest absolute Gasteiger partial charge is 0.451 e. The van der Waals surface area contributed by atoms with Crippen LogP contribution >= 0.6 is 0 Å². The molecule has 1 atom stereocenters. The van der Waals surface area contributed by atoms with E-state index in [1.54, 1.807) is 12.1 Å². The van der Waals surface area contributed by atoms with Gasteiger partial charge in [-0.05, 0) is 17.7 Å². The molecule has 0 aliphatic carbocycles. The van der Waals surface area contributed by atoms with Gasteiger partial charge in [-0.1, -0.05) is 19.1 Å². The van der Waals surface area contributed by atoms with Crippen LogP contribution in [0.5, 0.6) is 0 Å². The number of carbonyl (C=O) groups excluding carboxylic acids is 1. The number of hydrogen-bond donors (Lipinski definition) is 2. The summed E-state index contributed by atoms with van der Waals surface area (Å²) in [6.07, 6.45) is -2.03. The number of amides is 1. The van der Waals surface area contributed by atoms with Gasteiger partial charge in [0.05, 0.1) is 23.8 Å². The summed E-state index contributed by atoms with van der Waals surface area (Å²) < 4.78 is 37.3. The average Bonchev–Trinajstić information content (AvgIpc) is 2.56. The lowest BCUT2D eigenvalue weighted by atomic mass is 9.94. The Labute approximate surface area is 141 Å². The molecule has 0 saturated carbocycles. The van der Waals surface area contributed by atoms with Crippen LogP contribution in [0.2, 0.25) is 0 Å². The topological polar surface area (TPSA) is 79.3 Å². The lowest BCUT2D eigenvalue weighted by molar-refractivity contribution is -0.145. The van der Waals surface area contributed by atoms with E-state index < -0.39 is 12.0 Å². The van der Waals surface area contributed by atoms with Gasteiger partial charge >= 0.3 is 6.18 Å². The van der Waals surface area contributed by atoms with Crippen LogP contribution in [0.3, 0.4) is 0 Å². The molecule has 0 bridgehead atoms. The summed E-state index contributed by atoms with van der Waals surface area (Å²) >= 11 is 0. The third kappa shape index (κ3) is 3.93. The molecule has 6 nitrogen and oxygen atoms in total. The van der Waals surface area contributed by atoms with Crippen molar-refractivity contribution in [1.29, 1.82) is 0 Å². The van der Waals surface area contributed by atoms with Crippen LogP contribution < -0.4 is 10.7 Å². The molecule has 3 rings (SSSR count). The second-order valence-corrected chi connectivity index (χ2v) is 5.63. The van der Waals surface area contributed by atoms with E-state index in [1.165, 1.54) is 0 Å². The van der Waals surface area contributed by atoms with Gasteiger partial charge in [0.25, 0.3) is 0 Å². The molecular formula is C16H14F3N5O. The maximum Gasteiger partial charge on any atom is 0.451 e. The van der Waals surface area contributed by atoms with Crippen LogP contribution in [0.25, 0.3) is 0 Å². The van der Waals surface area contributed by atoms with E-state index in [-0.39, 0.29) is 11.8 Å². The zero-order valence-electron chi connectivity index (χ0n) is 13.1. The molecule has 2 aromatic rings. The SMILES string of the molecule is C[C@@H]1CC(=O)NN=C1c1ccc(Nc2cnc(C(F)(F)F)nc2)cc1. The van der Waals surface area contributed by atoms with Crippen LogP contribution in [0.4, 0.5) is 24.5 Å². The molecule has 1 aromatic heterocycles. The minimum absolute atomic E-state index is 0.0101. The van der Waals surface area contributed by atoms with E-state index in [2.05, 4.69) is 25.8 Å². The highest BCUT2D eigenvalue weighted by Crippen LogP contribution is 2.26. The predicted molar refractivity (Wildman–Crippen MR) is 85.2 cm³/mol. The first kappa shape index (κ1) is 16.9. The molecule has 130 valence electrons. The fourth-order valence-corrected chi connectivity index (χ4v) is 2.43. The minimum atomic E-state index is -4.56. The molecule has 2 heterocycles. The molecule has 1 amide bonds. The van der Waals surface area contributed by atoms with Gasteiger partial charge in [0.1, 0.15) is 0 Å². The molecule has 1 aromatic carbocycles. The number of carbonyl (C=O) groups is 1. The van der Waals surface area contributed by atoms with Gasteiger partial charge in [0.15, 0.2) is 0 Å². The van der Waals surface area contributed by atoms with Crippen molar-refractivity contribution in [3.63, 3.8) is 0 Å². The van der Waals surface area contributed by atoms with Gasteiger partial charge < -0.3 is 5.32 Å². The molecule has 1 aliphatic heterocycles. The Kier molecular flexibility index (Phi) is 4.39. The fourth-order valence-electron chi connectivity index (χ4n) is 2.43. The van der Waals surface area contributed by atoms with Crippen LogP contribution in [-0.4, -0.2) is 21.6 Å². The van der Waals surface area contributed by atoms with Crippen molar-refractivity contribution >= 4 is 23.0 Å². The highest BCUT2D eigenvalue weighted by atomic mass is 19.4. The van der Waals surface area contributed by atoms with Crippen molar-refractivity contribution in [1.82, 2.24) is 15.4 Å². The van der Waals surface area contributed by atoms with Gasteiger partial charge in [-0.2, -0.15) is 18.3 Å². The standard InChI is InChI=1S/C16H14F3N5O/c1-9-6-13(25)23-24-14(9)10-2-4-11(5-3-10)22-12-7-20-15(21-8-12)16(17,18)19/h2-5,7-9,22H,6H2,1H3,(H,23,25)/t9-/m1/s1. The number of alkyl halides is 3. The summed E-state index contributed by atoms with van der Waals surface area (Å²) in [4.78, 5) is 17.9. The minimum Gasteiger partial charge on any atom is -0.353 e. The molecule has 0 radical (unpaired) electrons. The zero-order valence-corrected chi connectivity index (χ0v) is 13.1. The van der Waals surface area contributed by atoms with Crippen LogP contribution in [0.1, 0.15) is 24.7 Å². The maximum atomic E-state index is 12.4. The Bertz CT molecular complexity index is 800. The van der Waals surface area contributed by atoms with Crippen molar-refractivity contribution in [3.05, 3.63) is 48.0 Å². The molecular weight excluding hydrogens is 335 g/mol. The quantitative estimate of drug-likeness (QED) is 0.892. The van der Waals surface area contributed by atoms with Gasteiger partial charge in [0.2, 0.25) is 11.7 Å². The monoisotopic (exact) mass is 349 g/mol. The van der Waals surface area contributed by atoms with E-state index in [0.717, 1.165) is 23.7 Å².